The Balaban J connectivity index is 3.50. The highest BCUT2D eigenvalue weighted by Crippen LogP contribution is 2.11. The molecule has 90 valence electrons. The molecular formula is C9H17F3N2O. The van der Waals surface area contributed by atoms with Crippen molar-refractivity contribution in [3.8, 4) is 0 Å². The molecule has 0 aromatic rings. The van der Waals surface area contributed by atoms with Crippen molar-refractivity contribution in [2.75, 3.05) is 19.6 Å². The summed E-state index contributed by atoms with van der Waals surface area (Å²) in [6.07, 6.45) is -3.34. The first-order valence-corrected chi connectivity index (χ1v) is 4.89. The number of carbonyl (C=O) groups is 1. The van der Waals surface area contributed by atoms with Crippen molar-refractivity contribution in [1.29, 1.82) is 0 Å². The van der Waals surface area contributed by atoms with Crippen molar-refractivity contribution in [3.63, 3.8) is 0 Å². The lowest BCUT2D eigenvalue weighted by Gasteiger charge is -2.11. The topological polar surface area (TPSA) is 41.1 Å². The molecule has 0 aliphatic rings. The second-order valence-electron chi connectivity index (χ2n) is 3.54. The molecule has 2 N–H and O–H groups in total. The van der Waals surface area contributed by atoms with Crippen LogP contribution in [-0.2, 0) is 4.79 Å². The molecule has 1 amide bonds. The maximum absolute atomic E-state index is 11.7. The number of nitrogens with one attached hydrogen (secondary N) is 2. The molecule has 0 aromatic carbocycles. The van der Waals surface area contributed by atoms with Gasteiger partial charge >= 0.3 is 6.18 Å². The number of hydrogen-bond acceptors (Lipinski definition) is 2. The van der Waals surface area contributed by atoms with Gasteiger partial charge in [-0.15, -0.1) is 0 Å². The Morgan fingerprint density at radius 3 is 2.47 bits per heavy atom. The molecule has 0 rings (SSSR count). The van der Waals surface area contributed by atoms with Gasteiger partial charge in [0.2, 0.25) is 5.91 Å². The van der Waals surface area contributed by atoms with E-state index in [1.54, 1.807) is 0 Å². The zero-order valence-electron chi connectivity index (χ0n) is 8.95. The van der Waals surface area contributed by atoms with Crippen LogP contribution in [0.3, 0.4) is 0 Å². The zero-order chi connectivity index (χ0) is 11.9. The largest absolute Gasteiger partial charge is 0.401 e. The average Bonchev–Trinajstić information content (AvgIpc) is 2.12. The molecule has 0 radical (unpaired) electrons. The number of alkyl halides is 3. The minimum absolute atomic E-state index is 0.296. The van der Waals surface area contributed by atoms with Crippen molar-refractivity contribution in [1.82, 2.24) is 10.6 Å². The number of carbonyl (C=O) groups excluding carboxylic acids is 1. The van der Waals surface area contributed by atoms with Gasteiger partial charge in [0.05, 0.1) is 13.1 Å². The molecule has 0 saturated heterocycles. The van der Waals surface area contributed by atoms with Gasteiger partial charge in [0.1, 0.15) is 0 Å². The average molecular weight is 226 g/mol. The maximum Gasteiger partial charge on any atom is 0.401 e. The number of rotatable bonds is 6. The van der Waals surface area contributed by atoms with Gasteiger partial charge in [0.25, 0.3) is 0 Å². The molecule has 0 fully saturated rings. The van der Waals surface area contributed by atoms with Crippen LogP contribution in [0.2, 0.25) is 0 Å². The fourth-order valence-corrected chi connectivity index (χ4v) is 0.813. The molecule has 15 heavy (non-hydrogen) atoms. The minimum Gasteiger partial charge on any atom is -0.355 e. The molecule has 1 unspecified atom stereocenters. The molecule has 1 atom stereocenters. The monoisotopic (exact) mass is 226 g/mol. The smallest absolute Gasteiger partial charge is 0.355 e. The molecule has 3 nitrogen and oxygen atoms in total. The van der Waals surface area contributed by atoms with E-state index in [0.717, 1.165) is 6.42 Å². The van der Waals surface area contributed by atoms with Crippen molar-refractivity contribution in [3.05, 3.63) is 0 Å². The Morgan fingerprint density at radius 2 is 2.00 bits per heavy atom. The Labute approximate surface area is 87.4 Å². The van der Waals surface area contributed by atoms with Crippen LogP contribution < -0.4 is 10.6 Å². The zero-order valence-corrected chi connectivity index (χ0v) is 8.95. The SMILES string of the molecule is CCC(C)CNC(=O)CNCC(F)(F)F. The first kappa shape index (κ1) is 14.2. The van der Waals surface area contributed by atoms with Gasteiger partial charge in [0.15, 0.2) is 0 Å². The van der Waals surface area contributed by atoms with E-state index in [9.17, 15) is 18.0 Å². The predicted octanol–water partition coefficient (Wildman–Crippen LogP) is 1.30. The van der Waals surface area contributed by atoms with E-state index in [4.69, 9.17) is 0 Å². The predicted molar refractivity (Wildman–Crippen MR) is 51.4 cm³/mol. The highest BCUT2D eigenvalue weighted by molar-refractivity contribution is 5.77. The summed E-state index contributed by atoms with van der Waals surface area (Å²) in [6, 6.07) is 0. The Bertz CT molecular complexity index is 194. The van der Waals surface area contributed by atoms with E-state index < -0.39 is 18.6 Å². The van der Waals surface area contributed by atoms with Crippen LogP contribution in [0.5, 0.6) is 0 Å². The summed E-state index contributed by atoms with van der Waals surface area (Å²) in [5, 5.41) is 4.58. The third-order valence-corrected chi connectivity index (χ3v) is 1.96. The molecule has 0 heterocycles. The van der Waals surface area contributed by atoms with Gasteiger partial charge in [-0.1, -0.05) is 20.3 Å². The van der Waals surface area contributed by atoms with Crippen LogP contribution in [0.15, 0.2) is 0 Å². The Hall–Kier alpha value is -0.780. The highest BCUT2D eigenvalue weighted by Gasteiger charge is 2.26. The Morgan fingerprint density at radius 1 is 1.40 bits per heavy atom. The number of hydrogen-bond donors (Lipinski definition) is 2. The van der Waals surface area contributed by atoms with E-state index in [-0.39, 0.29) is 6.54 Å². The minimum atomic E-state index is -4.27. The summed E-state index contributed by atoms with van der Waals surface area (Å²) in [7, 11) is 0. The fourth-order valence-electron chi connectivity index (χ4n) is 0.813. The van der Waals surface area contributed by atoms with Crippen molar-refractivity contribution in [2.45, 2.75) is 26.4 Å². The van der Waals surface area contributed by atoms with Gasteiger partial charge in [-0.3, -0.25) is 4.79 Å². The lowest BCUT2D eigenvalue weighted by molar-refractivity contribution is -0.128. The van der Waals surface area contributed by atoms with E-state index in [2.05, 4.69) is 5.32 Å². The van der Waals surface area contributed by atoms with Gasteiger partial charge in [-0.05, 0) is 5.92 Å². The summed E-state index contributed by atoms with van der Waals surface area (Å²) in [4.78, 5) is 11.0. The van der Waals surface area contributed by atoms with Crippen LogP contribution in [0.25, 0.3) is 0 Å². The summed E-state index contributed by atoms with van der Waals surface area (Å²) < 4.78 is 35.0. The molecule has 0 spiro atoms. The summed E-state index contributed by atoms with van der Waals surface area (Å²) in [5.74, 6) is -0.0592. The van der Waals surface area contributed by atoms with Gasteiger partial charge in [-0.2, -0.15) is 13.2 Å². The quantitative estimate of drug-likeness (QED) is 0.716. The van der Waals surface area contributed by atoms with Crippen molar-refractivity contribution in [2.24, 2.45) is 5.92 Å². The molecule has 6 heteroatoms. The summed E-state index contributed by atoms with van der Waals surface area (Å²) >= 11 is 0. The number of amides is 1. The third kappa shape index (κ3) is 9.52. The van der Waals surface area contributed by atoms with Gasteiger partial charge < -0.3 is 10.6 Å². The lowest BCUT2D eigenvalue weighted by Crippen LogP contribution is -2.39. The van der Waals surface area contributed by atoms with Crippen LogP contribution >= 0.6 is 0 Å². The van der Waals surface area contributed by atoms with Crippen LogP contribution in [0.4, 0.5) is 13.2 Å². The molecule has 0 bridgehead atoms. The van der Waals surface area contributed by atoms with Crippen LogP contribution in [-0.4, -0.2) is 31.7 Å². The van der Waals surface area contributed by atoms with Crippen molar-refractivity contribution < 1.29 is 18.0 Å². The van der Waals surface area contributed by atoms with Gasteiger partial charge in [-0.25, -0.2) is 0 Å². The highest BCUT2D eigenvalue weighted by atomic mass is 19.4. The number of halogens is 3. The van der Waals surface area contributed by atoms with E-state index >= 15 is 0 Å². The molecular weight excluding hydrogens is 209 g/mol. The van der Waals surface area contributed by atoms with Crippen LogP contribution in [0, 0.1) is 5.92 Å². The summed E-state index contributed by atoms with van der Waals surface area (Å²) in [5.41, 5.74) is 0. The molecule has 0 aliphatic heterocycles. The molecule has 0 aromatic heterocycles. The third-order valence-electron chi connectivity index (χ3n) is 1.96. The van der Waals surface area contributed by atoms with Gasteiger partial charge in [0, 0.05) is 6.54 Å². The lowest BCUT2D eigenvalue weighted by atomic mass is 10.1. The standard InChI is InChI=1S/C9H17F3N2O/c1-3-7(2)4-14-8(15)5-13-6-9(10,11)12/h7,13H,3-6H2,1-2H3,(H,14,15). The second kappa shape index (κ2) is 6.66. The van der Waals surface area contributed by atoms with E-state index in [1.165, 1.54) is 0 Å². The molecule has 0 saturated carbocycles. The Kier molecular flexibility index (Phi) is 6.31. The first-order valence-electron chi connectivity index (χ1n) is 4.89. The first-order chi connectivity index (χ1) is 6.85. The van der Waals surface area contributed by atoms with E-state index in [0.29, 0.717) is 12.5 Å². The molecule has 0 aliphatic carbocycles. The van der Waals surface area contributed by atoms with E-state index in [1.807, 2.05) is 19.2 Å². The summed E-state index contributed by atoms with van der Waals surface area (Å²) in [6.45, 7) is 3.02. The normalized spacial score (nSPS) is 13.7. The second-order valence-corrected chi connectivity index (χ2v) is 3.54. The van der Waals surface area contributed by atoms with Crippen molar-refractivity contribution >= 4 is 5.91 Å². The maximum atomic E-state index is 11.7. The fraction of sp³-hybridized carbons (Fsp3) is 0.889. The van der Waals surface area contributed by atoms with Crippen LogP contribution in [0.1, 0.15) is 20.3 Å².